The van der Waals surface area contributed by atoms with Gasteiger partial charge in [-0.1, -0.05) is 54.6 Å². The van der Waals surface area contributed by atoms with Gasteiger partial charge in [-0.3, -0.25) is 24.6 Å². The van der Waals surface area contributed by atoms with Gasteiger partial charge < -0.3 is 4.74 Å². The molecule has 1 fully saturated rings. The van der Waals surface area contributed by atoms with Gasteiger partial charge in [0.2, 0.25) is 0 Å². The second-order valence-electron chi connectivity index (χ2n) is 7.71. The van der Waals surface area contributed by atoms with Crippen molar-refractivity contribution >= 4 is 34.7 Å². The van der Waals surface area contributed by atoms with Crippen LogP contribution in [0.2, 0.25) is 0 Å². The molecule has 0 aromatic heterocycles. The van der Waals surface area contributed by atoms with Crippen LogP contribution in [0.15, 0.2) is 83.8 Å². The van der Waals surface area contributed by atoms with Crippen LogP contribution in [0.5, 0.6) is 5.75 Å². The molecule has 0 spiro atoms. The molecular formula is C26H22N2O5S. The van der Waals surface area contributed by atoms with E-state index in [1.165, 1.54) is 22.6 Å². The van der Waals surface area contributed by atoms with Crippen LogP contribution in [0, 0.1) is 10.1 Å². The topological polar surface area (TPSA) is 89.7 Å². The fourth-order valence-corrected chi connectivity index (χ4v) is 4.38. The summed E-state index contributed by atoms with van der Waals surface area (Å²) in [5, 5.41) is 10.6. The largest absolute Gasteiger partial charge is 0.489 e. The lowest BCUT2D eigenvalue weighted by Gasteiger charge is -2.12. The van der Waals surface area contributed by atoms with E-state index < -0.39 is 4.92 Å². The van der Waals surface area contributed by atoms with Gasteiger partial charge in [-0.2, -0.15) is 0 Å². The van der Waals surface area contributed by atoms with Crippen LogP contribution in [0.4, 0.5) is 10.5 Å². The zero-order valence-electron chi connectivity index (χ0n) is 18.3. The Kier molecular flexibility index (Phi) is 7.39. The van der Waals surface area contributed by atoms with Crippen molar-refractivity contribution in [2.75, 3.05) is 6.54 Å². The van der Waals surface area contributed by atoms with Crippen LogP contribution in [0.3, 0.4) is 0 Å². The van der Waals surface area contributed by atoms with Gasteiger partial charge in [-0.05, 0) is 59.5 Å². The highest BCUT2D eigenvalue weighted by atomic mass is 32.2. The molecule has 0 atom stereocenters. The van der Waals surface area contributed by atoms with Gasteiger partial charge in [-0.25, -0.2) is 0 Å². The average molecular weight is 475 g/mol. The number of nitro benzene ring substituents is 1. The summed E-state index contributed by atoms with van der Waals surface area (Å²) in [6, 6.07) is 23.4. The maximum absolute atomic E-state index is 12.7. The first-order valence-corrected chi connectivity index (χ1v) is 11.6. The lowest BCUT2D eigenvalue weighted by atomic mass is 10.1. The van der Waals surface area contributed by atoms with E-state index in [-0.39, 0.29) is 23.4 Å². The van der Waals surface area contributed by atoms with E-state index >= 15 is 0 Å². The van der Waals surface area contributed by atoms with Crippen molar-refractivity contribution in [1.82, 2.24) is 4.90 Å². The number of amides is 2. The number of hydrogen-bond acceptors (Lipinski definition) is 6. The van der Waals surface area contributed by atoms with Crippen LogP contribution in [-0.2, 0) is 17.8 Å². The molecular weight excluding hydrogens is 452 g/mol. The van der Waals surface area contributed by atoms with Gasteiger partial charge in [0.1, 0.15) is 12.4 Å². The minimum absolute atomic E-state index is 0.0189. The summed E-state index contributed by atoms with van der Waals surface area (Å²) in [7, 11) is 0. The van der Waals surface area contributed by atoms with E-state index in [0.717, 1.165) is 23.7 Å². The van der Waals surface area contributed by atoms with Gasteiger partial charge in [0.05, 0.1) is 9.83 Å². The first kappa shape index (κ1) is 23.3. The molecule has 34 heavy (non-hydrogen) atoms. The molecule has 172 valence electrons. The Hall–Kier alpha value is -3.91. The Labute approximate surface area is 201 Å². The van der Waals surface area contributed by atoms with Crippen molar-refractivity contribution in [3.05, 3.63) is 111 Å². The quantitative estimate of drug-likeness (QED) is 0.220. The third-order valence-corrected chi connectivity index (χ3v) is 6.18. The first-order chi connectivity index (χ1) is 16.5. The number of carbonyl (C=O) groups is 2. The molecule has 3 aromatic rings. The summed E-state index contributed by atoms with van der Waals surface area (Å²) >= 11 is 0.951. The number of rotatable bonds is 9. The van der Waals surface area contributed by atoms with Crippen LogP contribution in [-0.4, -0.2) is 27.5 Å². The molecule has 2 amide bonds. The second-order valence-corrected chi connectivity index (χ2v) is 8.70. The van der Waals surface area contributed by atoms with Crippen LogP contribution in [0.1, 0.15) is 23.1 Å². The molecule has 1 saturated heterocycles. The Morgan fingerprint density at radius 1 is 0.941 bits per heavy atom. The number of benzene rings is 3. The first-order valence-electron chi connectivity index (χ1n) is 10.7. The summed E-state index contributed by atoms with van der Waals surface area (Å²) < 4.78 is 5.71. The fraction of sp³-hybridized carbons (Fsp3) is 0.154. The molecule has 3 aromatic carbocycles. The Morgan fingerprint density at radius 2 is 1.68 bits per heavy atom. The molecule has 0 unspecified atom stereocenters. The SMILES string of the molecule is O=C1S/C(=C/c2ccc(OCc3cccc([N+](=O)[O-])c3)cc2)C(=O)N1CCCc1ccccc1. The molecule has 8 heteroatoms. The van der Waals surface area contributed by atoms with E-state index in [4.69, 9.17) is 4.74 Å². The number of ether oxygens (including phenoxy) is 1. The van der Waals surface area contributed by atoms with Gasteiger partial charge in [-0.15, -0.1) is 0 Å². The number of aryl methyl sites for hydroxylation is 1. The van der Waals surface area contributed by atoms with Gasteiger partial charge in [0.25, 0.3) is 16.8 Å². The normalized spacial score (nSPS) is 14.6. The number of nitrogens with zero attached hydrogens (tertiary/aromatic N) is 2. The number of imide groups is 1. The third kappa shape index (κ3) is 5.90. The molecule has 1 aliphatic rings. The summed E-state index contributed by atoms with van der Waals surface area (Å²) in [5.74, 6) is 0.326. The van der Waals surface area contributed by atoms with Crippen molar-refractivity contribution in [2.24, 2.45) is 0 Å². The highest BCUT2D eigenvalue weighted by Crippen LogP contribution is 2.32. The number of carbonyl (C=O) groups excluding carboxylic acids is 2. The summed E-state index contributed by atoms with van der Waals surface area (Å²) in [6.45, 7) is 0.588. The van der Waals surface area contributed by atoms with E-state index in [1.807, 2.05) is 30.3 Å². The summed E-state index contributed by atoms with van der Waals surface area (Å²) in [5.41, 5.74) is 2.67. The fourth-order valence-electron chi connectivity index (χ4n) is 3.52. The van der Waals surface area contributed by atoms with Gasteiger partial charge in [0.15, 0.2) is 0 Å². The zero-order chi connectivity index (χ0) is 23.9. The highest BCUT2D eigenvalue weighted by molar-refractivity contribution is 8.18. The van der Waals surface area contributed by atoms with Crippen molar-refractivity contribution in [2.45, 2.75) is 19.4 Å². The van der Waals surface area contributed by atoms with Crippen LogP contribution >= 0.6 is 11.8 Å². The Balaban J connectivity index is 1.32. The Morgan fingerprint density at radius 3 is 2.41 bits per heavy atom. The van der Waals surface area contributed by atoms with Crippen molar-refractivity contribution in [1.29, 1.82) is 0 Å². The highest BCUT2D eigenvalue weighted by Gasteiger charge is 2.34. The standard InChI is InChI=1S/C26H22N2O5S/c29-25-24(34-26(30)27(25)15-5-9-19-6-2-1-3-7-19)17-20-11-13-23(14-12-20)33-18-21-8-4-10-22(16-21)28(31)32/h1-4,6-8,10-14,16-17H,5,9,15,18H2/b24-17+. The van der Waals surface area contributed by atoms with E-state index in [9.17, 15) is 19.7 Å². The zero-order valence-corrected chi connectivity index (χ0v) is 19.1. The molecule has 7 nitrogen and oxygen atoms in total. The lowest BCUT2D eigenvalue weighted by Crippen LogP contribution is -2.29. The van der Waals surface area contributed by atoms with Crippen molar-refractivity contribution in [3.8, 4) is 5.75 Å². The van der Waals surface area contributed by atoms with Crippen LogP contribution in [0.25, 0.3) is 6.08 Å². The van der Waals surface area contributed by atoms with Gasteiger partial charge in [0, 0.05) is 18.7 Å². The monoisotopic (exact) mass is 474 g/mol. The van der Waals surface area contributed by atoms with E-state index in [0.29, 0.717) is 29.2 Å². The van der Waals surface area contributed by atoms with E-state index in [2.05, 4.69) is 0 Å². The van der Waals surface area contributed by atoms with Crippen molar-refractivity contribution in [3.63, 3.8) is 0 Å². The molecule has 4 rings (SSSR count). The lowest BCUT2D eigenvalue weighted by molar-refractivity contribution is -0.384. The molecule has 0 aliphatic carbocycles. The number of nitro groups is 1. The minimum atomic E-state index is -0.441. The van der Waals surface area contributed by atoms with E-state index in [1.54, 1.807) is 42.5 Å². The average Bonchev–Trinajstić information content (AvgIpc) is 3.11. The molecule has 0 saturated carbocycles. The maximum Gasteiger partial charge on any atom is 0.293 e. The predicted molar refractivity (Wildman–Crippen MR) is 131 cm³/mol. The third-order valence-electron chi connectivity index (χ3n) is 5.27. The van der Waals surface area contributed by atoms with Crippen molar-refractivity contribution < 1.29 is 19.2 Å². The number of non-ortho nitro benzene ring substituents is 1. The predicted octanol–water partition coefficient (Wildman–Crippen LogP) is 5.84. The minimum Gasteiger partial charge on any atom is -0.489 e. The van der Waals surface area contributed by atoms with Gasteiger partial charge >= 0.3 is 0 Å². The smallest absolute Gasteiger partial charge is 0.293 e. The molecule has 0 bridgehead atoms. The number of hydrogen-bond donors (Lipinski definition) is 0. The summed E-state index contributed by atoms with van der Waals surface area (Å²) in [6.07, 6.45) is 3.22. The molecule has 1 aliphatic heterocycles. The van der Waals surface area contributed by atoms with Crippen LogP contribution < -0.4 is 4.74 Å². The molecule has 0 N–H and O–H groups in total. The summed E-state index contributed by atoms with van der Waals surface area (Å²) in [4.78, 5) is 37.2. The Bertz CT molecular complexity index is 1230. The maximum atomic E-state index is 12.7. The second kappa shape index (κ2) is 10.8. The number of thioether (sulfide) groups is 1. The molecule has 0 radical (unpaired) electrons. The molecule has 1 heterocycles.